The number of carbonyl (C=O) groups excluding carboxylic acids is 2. The van der Waals surface area contributed by atoms with Crippen LogP contribution in [0.3, 0.4) is 0 Å². The molecule has 0 saturated carbocycles. The van der Waals surface area contributed by atoms with Gasteiger partial charge in [0, 0.05) is 33.4 Å². The number of rotatable bonds is 7. The third-order valence-electron chi connectivity index (χ3n) is 4.67. The van der Waals surface area contributed by atoms with Gasteiger partial charge in [-0.05, 0) is 11.1 Å². The minimum absolute atomic E-state index is 0.0952. The fraction of sp³-hybridized carbons (Fsp3) is 0.318. The van der Waals surface area contributed by atoms with E-state index in [4.69, 9.17) is 4.74 Å². The predicted octanol–water partition coefficient (Wildman–Crippen LogP) is 3.27. The van der Waals surface area contributed by atoms with Crippen LogP contribution in [-0.2, 0) is 19.7 Å². The van der Waals surface area contributed by atoms with E-state index < -0.39 is 17.3 Å². The molecule has 0 spiro atoms. The second-order valence-electron chi connectivity index (χ2n) is 6.68. The Morgan fingerprint density at radius 1 is 1.07 bits per heavy atom. The van der Waals surface area contributed by atoms with Crippen LogP contribution in [0.15, 0.2) is 60.7 Å². The van der Waals surface area contributed by atoms with Gasteiger partial charge in [-0.2, -0.15) is 5.26 Å². The zero-order valence-electron chi connectivity index (χ0n) is 15.9. The Hall–Kier alpha value is -3.13. The average molecular weight is 364 g/mol. The maximum Gasteiger partial charge on any atom is 0.302 e. The molecule has 0 aliphatic rings. The zero-order valence-corrected chi connectivity index (χ0v) is 15.9. The smallest absolute Gasteiger partial charge is 0.302 e. The quantitative estimate of drug-likeness (QED) is 0.707. The Morgan fingerprint density at radius 3 is 2.11 bits per heavy atom. The van der Waals surface area contributed by atoms with Crippen LogP contribution in [0.2, 0.25) is 0 Å². The summed E-state index contributed by atoms with van der Waals surface area (Å²) in [5.74, 6) is -1.03. The molecule has 5 heteroatoms. The number of esters is 1. The van der Waals surface area contributed by atoms with E-state index in [9.17, 15) is 14.9 Å². The Balaban J connectivity index is 2.63. The summed E-state index contributed by atoms with van der Waals surface area (Å²) in [6, 6.07) is 21.0. The van der Waals surface area contributed by atoms with Gasteiger partial charge < -0.3 is 9.64 Å². The van der Waals surface area contributed by atoms with Gasteiger partial charge in [0.25, 0.3) is 0 Å². The van der Waals surface area contributed by atoms with Crippen LogP contribution >= 0.6 is 0 Å². The first kappa shape index (κ1) is 20.2. The summed E-state index contributed by atoms with van der Waals surface area (Å²) in [4.78, 5) is 25.6. The van der Waals surface area contributed by atoms with E-state index in [1.54, 1.807) is 14.1 Å². The lowest BCUT2D eigenvalue weighted by Gasteiger charge is -2.35. The minimum Gasteiger partial charge on any atom is -0.464 e. The van der Waals surface area contributed by atoms with E-state index >= 15 is 0 Å². The number of hydrogen-bond acceptors (Lipinski definition) is 4. The van der Waals surface area contributed by atoms with E-state index in [0.29, 0.717) is 5.56 Å². The van der Waals surface area contributed by atoms with Crippen molar-refractivity contribution < 1.29 is 14.3 Å². The molecule has 27 heavy (non-hydrogen) atoms. The fourth-order valence-corrected chi connectivity index (χ4v) is 3.13. The SMILES string of the molecule is CC(=O)OC[C@@](C#N)(c1ccccc1)[C@@H](CC(=O)N(C)C)c1ccccc1. The largest absolute Gasteiger partial charge is 0.464 e. The van der Waals surface area contributed by atoms with E-state index in [2.05, 4.69) is 6.07 Å². The highest BCUT2D eigenvalue weighted by Crippen LogP contribution is 2.42. The molecule has 2 aromatic carbocycles. The molecule has 0 bridgehead atoms. The average Bonchev–Trinajstić information content (AvgIpc) is 2.68. The molecule has 0 fully saturated rings. The lowest BCUT2D eigenvalue weighted by atomic mass is 9.67. The van der Waals surface area contributed by atoms with E-state index in [1.165, 1.54) is 11.8 Å². The molecule has 0 aromatic heterocycles. The molecule has 0 heterocycles. The summed E-state index contributed by atoms with van der Waals surface area (Å²) in [7, 11) is 3.38. The lowest BCUT2D eigenvalue weighted by Crippen LogP contribution is -2.40. The normalized spacial score (nSPS) is 13.7. The van der Waals surface area contributed by atoms with Gasteiger partial charge in [-0.25, -0.2) is 0 Å². The summed E-state index contributed by atoms with van der Waals surface area (Å²) in [6.07, 6.45) is 0.126. The molecule has 2 aromatic rings. The number of ether oxygens (including phenoxy) is 1. The number of benzene rings is 2. The molecule has 0 unspecified atom stereocenters. The van der Waals surface area contributed by atoms with Crippen molar-refractivity contribution in [1.29, 1.82) is 5.26 Å². The van der Waals surface area contributed by atoms with Crippen molar-refractivity contribution >= 4 is 11.9 Å². The number of nitriles is 1. The van der Waals surface area contributed by atoms with Gasteiger partial charge in [0.05, 0.1) is 6.07 Å². The van der Waals surface area contributed by atoms with Gasteiger partial charge in [-0.1, -0.05) is 60.7 Å². The van der Waals surface area contributed by atoms with Crippen LogP contribution in [-0.4, -0.2) is 37.5 Å². The molecule has 1 amide bonds. The van der Waals surface area contributed by atoms with Crippen LogP contribution < -0.4 is 0 Å². The van der Waals surface area contributed by atoms with Gasteiger partial charge >= 0.3 is 5.97 Å². The van der Waals surface area contributed by atoms with Crippen LogP contribution in [0.1, 0.15) is 30.4 Å². The molecular weight excluding hydrogens is 340 g/mol. The lowest BCUT2D eigenvalue weighted by molar-refractivity contribution is -0.142. The molecule has 2 atom stereocenters. The Morgan fingerprint density at radius 2 is 1.63 bits per heavy atom. The van der Waals surface area contributed by atoms with E-state index in [0.717, 1.165) is 5.56 Å². The van der Waals surface area contributed by atoms with E-state index in [-0.39, 0.29) is 18.9 Å². The first-order valence-electron chi connectivity index (χ1n) is 8.76. The molecule has 0 N–H and O–H groups in total. The monoisotopic (exact) mass is 364 g/mol. The Bertz CT molecular complexity index is 812. The number of amides is 1. The molecule has 2 rings (SSSR count). The second-order valence-corrected chi connectivity index (χ2v) is 6.68. The zero-order chi connectivity index (χ0) is 19.9. The van der Waals surface area contributed by atoms with Crippen LogP contribution in [0.25, 0.3) is 0 Å². The van der Waals surface area contributed by atoms with Crippen LogP contribution in [0, 0.1) is 11.3 Å². The van der Waals surface area contributed by atoms with Gasteiger partial charge in [-0.15, -0.1) is 0 Å². The summed E-state index contributed by atoms with van der Waals surface area (Å²) in [5, 5.41) is 10.3. The second kappa shape index (κ2) is 9.00. The highest BCUT2D eigenvalue weighted by atomic mass is 16.5. The first-order chi connectivity index (χ1) is 12.9. The van der Waals surface area contributed by atoms with Gasteiger partial charge in [0.15, 0.2) is 0 Å². The molecule has 5 nitrogen and oxygen atoms in total. The van der Waals surface area contributed by atoms with Crippen molar-refractivity contribution in [1.82, 2.24) is 4.90 Å². The molecule has 0 radical (unpaired) electrons. The number of nitrogens with zero attached hydrogens (tertiary/aromatic N) is 2. The van der Waals surface area contributed by atoms with Crippen molar-refractivity contribution in [2.75, 3.05) is 20.7 Å². The Kier molecular flexibility index (Phi) is 6.73. The van der Waals surface area contributed by atoms with Gasteiger partial charge in [0.2, 0.25) is 5.91 Å². The third kappa shape index (κ3) is 4.73. The molecule has 140 valence electrons. The van der Waals surface area contributed by atoms with Crippen molar-refractivity contribution in [3.8, 4) is 6.07 Å². The van der Waals surface area contributed by atoms with Crippen molar-refractivity contribution in [2.45, 2.75) is 24.7 Å². The van der Waals surface area contributed by atoms with Gasteiger partial charge in [0.1, 0.15) is 12.0 Å². The van der Waals surface area contributed by atoms with Crippen LogP contribution in [0.5, 0.6) is 0 Å². The van der Waals surface area contributed by atoms with Crippen molar-refractivity contribution in [3.63, 3.8) is 0 Å². The highest BCUT2D eigenvalue weighted by molar-refractivity contribution is 5.77. The minimum atomic E-state index is -1.18. The highest BCUT2D eigenvalue weighted by Gasteiger charge is 2.44. The fourth-order valence-electron chi connectivity index (χ4n) is 3.13. The standard InChI is InChI=1S/C22H24N2O3/c1-17(25)27-16-22(15-23,19-12-8-5-9-13-19)20(14-21(26)24(2)3)18-10-6-4-7-11-18/h4-13,20H,14,16H2,1-3H3/t20-,22-/m0/s1. The molecule has 0 aliphatic carbocycles. The topological polar surface area (TPSA) is 70.4 Å². The first-order valence-corrected chi connectivity index (χ1v) is 8.76. The Labute approximate surface area is 160 Å². The third-order valence-corrected chi connectivity index (χ3v) is 4.67. The maximum atomic E-state index is 12.6. The van der Waals surface area contributed by atoms with Crippen molar-refractivity contribution in [3.05, 3.63) is 71.8 Å². The predicted molar refractivity (Wildman–Crippen MR) is 103 cm³/mol. The van der Waals surface area contributed by atoms with Crippen LogP contribution in [0.4, 0.5) is 0 Å². The molecule has 0 aliphatic heterocycles. The number of hydrogen-bond donors (Lipinski definition) is 0. The molecule has 0 saturated heterocycles. The maximum absolute atomic E-state index is 12.6. The van der Waals surface area contributed by atoms with Crippen molar-refractivity contribution in [2.24, 2.45) is 0 Å². The van der Waals surface area contributed by atoms with Gasteiger partial charge in [-0.3, -0.25) is 9.59 Å². The number of carbonyl (C=O) groups is 2. The van der Waals surface area contributed by atoms with E-state index in [1.807, 2.05) is 60.7 Å². The summed E-state index contributed by atoms with van der Waals surface area (Å²) in [6.45, 7) is 1.19. The molecular formula is C22H24N2O3. The summed E-state index contributed by atoms with van der Waals surface area (Å²) >= 11 is 0. The summed E-state index contributed by atoms with van der Waals surface area (Å²) in [5.41, 5.74) is 0.388. The summed E-state index contributed by atoms with van der Waals surface area (Å²) < 4.78 is 5.31.